The third-order valence-corrected chi connectivity index (χ3v) is 7.30. The fourth-order valence-corrected chi connectivity index (χ4v) is 5.15. The molecular formula is C27H20FN5O3S. The fourth-order valence-electron chi connectivity index (χ4n) is 3.71. The molecule has 184 valence electrons. The molecule has 0 aliphatic carbocycles. The summed E-state index contributed by atoms with van der Waals surface area (Å²) < 4.78 is 41.5. The van der Waals surface area contributed by atoms with Crippen LogP contribution in [0.25, 0.3) is 5.65 Å². The van der Waals surface area contributed by atoms with Gasteiger partial charge in [0.25, 0.3) is 5.91 Å². The molecule has 0 bridgehead atoms. The first-order valence-electron chi connectivity index (χ1n) is 11.2. The average Bonchev–Trinajstić information content (AvgIpc) is 3.58. The molecule has 3 heterocycles. The number of benzene rings is 2. The van der Waals surface area contributed by atoms with Gasteiger partial charge in [0.05, 0.1) is 16.3 Å². The molecular weight excluding hydrogens is 493 g/mol. The summed E-state index contributed by atoms with van der Waals surface area (Å²) in [7, 11) is -3.81. The third kappa shape index (κ3) is 5.58. The average molecular weight is 514 g/mol. The van der Waals surface area contributed by atoms with E-state index in [0.717, 1.165) is 11.2 Å². The zero-order chi connectivity index (χ0) is 25.8. The summed E-state index contributed by atoms with van der Waals surface area (Å²) in [4.78, 5) is 17.1. The monoisotopic (exact) mass is 513 g/mol. The molecule has 5 rings (SSSR count). The minimum Gasteiger partial charge on any atom is -0.348 e. The normalized spacial score (nSPS) is 11.2. The van der Waals surface area contributed by atoms with Crippen molar-refractivity contribution in [2.45, 2.75) is 17.2 Å². The highest BCUT2D eigenvalue weighted by Crippen LogP contribution is 2.22. The summed E-state index contributed by atoms with van der Waals surface area (Å²) in [6, 6.07) is 15.1. The molecule has 0 saturated heterocycles. The summed E-state index contributed by atoms with van der Waals surface area (Å²) in [6.45, 7) is 0.263. The minimum absolute atomic E-state index is 0.0157. The Morgan fingerprint density at radius 3 is 2.62 bits per heavy atom. The van der Waals surface area contributed by atoms with Crippen LogP contribution in [-0.4, -0.2) is 33.9 Å². The Hall–Kier alpha value is -4.75. The molecule has 2 N–H and O–H groups in total. The lowest BCUT2D eigenvalue weighted by Crippen LogP contribution is -2.23. The number of H-pyrrole nitrogens is 1. The Morgan fingerprint density at radius 2 is 1.84 bits per heavy atom. The van der Waals surface area contributed by atoms with Gasteiger partial charge in [-0.3, -0.25) is 9.89 Å². The van der Waals surface area contributed by atoms with E-state index >= 15 is 0 Å². The van der Waals surface area contributed by atoms with Crippen LogP contribution >= 0.6 is 0 Å². The number of amides is 1. The van der Waals surface area contributed by atoms with Crippen LogP contribution in [0.2, 0.25) is 0 Å². The molecule has 3 aromatic heterocycles. The quantitative estimate of drug-likeness (QED) is 0.338. The minimum atomic E-state index is -3.81. The van der Waals surface area contributed by atoms with Crippen molar-refractivity contribution >= 4 is 21.4 Å². The number of fused-ring (bicyclic) bond motifs is 1. The van der Waals surface area contributed by atoms with Gasteiger partial charge in [-0.1, -0.05) is 11.8 Å². The highest BCUT2D eigenvalue weighted by molar-refractivity contribution is 7.90. The van der Waals surface area contributed by atoms with Crippen LogP contribution in [-0.2, 0) is 22.1 Å². The molecule has 0 fully saturated rings. The Kier molecular flexibility index (Phi) is 6.53. The third-order valence-electron chi connectivity index (χ3n) is 5.58. The summed E-state index contributed by atoms with van der Waals surface area (Å²) >= 11 is 0. The molecule has 2 aromatic carbocycles. The van der Waals surface area contributed by atoms with Crippen molar-refractivity contribution in [2.24, 2.45) is 0 Å². The molecule has 0 atom stereocenters. The van der Waals surface area contributed by atoms with Gasteiger partial charge in [-0.15, -0.1) is 0 Å². The molecule has 8 nitrogen and oxygen atoms in total. The number of aromatic nitrogens is 4. The predicted molar refractivity (Wildman–Crippen MR) is 135 cm³/mol. The van der Waals surface area contributed by atoms with Crippen LogP contribution < -0.4 is 5.32 Å². The first kappa shape index (κ1) is 24.0. The first-order chi connectivity index (χ1) is 17.9. The second-order valence-corrected chi connectivity index (χ2v) is 10.2. The van der Waals surface area contributed by atoms with Gasteiger partial charge in [-0.25, -0.2) is 17.8 Å². The Bertz CT molecular complexity index is 1750. The number of rotatable bonds is 6. The molecule has 1 amide bonds. The van der Waals surface area contributed by atoms with E-state index in [1.165, 1.54) is 48.7 Å². The number of imidazole rings is 1. The Balaban J connectivity index is 1.44. The second kappa shape index (κ2) is 10.1. The largest absolute Gasteiger partial charge is 0.348 e. The zero-order valence-corrected chi connectivity index (χ0v) is 20.2. The topological polar surface area (TPSA) is 109 Å². The number of pyridine rings is 1. The number of aromatic amines is 1. The van der Waals surface area contributed by atoms with Crippen LogP contribution in [0.15, 0.2) is 90.3 Å². The van der Waals surface area contributed by atoms with Gasteiger partial charge in [-0.2, -0.15) is 5.10 Å². The van der Waals surface area contributed by atoms with Crippen molar-refractivity contribution in [3.8, 4) is 11.8 Å². The fraction of sp³-hybridized carbons (Fsp3) is 0.0741. The number of hydrogen-bond donors (Lipinski definition) is 2. The number of carbonyl (C=O) groups excluding carboxylic acids is 1. The van der Waals surface area contributed by atoms with Crippen LogP contribution in [0.1, 0.15) is 32.7 Å². The van der Waals surface area contributed by atoms with E-state index in [1.807, 2.05) is 28.9 Å². The summed E-state index contributed by atoms with van der Waals surface area (Å²) in [5, 5.41) is 9.29. The first-order valence-corrected chi connectivity index (χ1v) is 12.8. The molecule has 0 saturated carbocycles. The Labute approximate surface area is 212 Å². The van der Waals surface area contributed by atoms with Crippen molar-refractivity contribution in [1.29, 1.82) is 0 Å². The second-order valence-electron chi connectivity index (χ2n) is 8.22. The van der Waals surface area contributed by atoms with E-state index in [-0.39, 0.29) is 34.2 Å². The van der Waals surface area contributed by atoms with Gasteiger partial charge < -0.3 is 9.72 Å². The summed E-state index contributed by atoms with van der Waals surface area (Å²) in [5.74, 6) is 4.62. The maximum Gasteiger partial charge on any atom is 0.251 e. The number of hydrogen-bond acceptors (Lipinski definition) is 5. The molecule has 37 heavy (non-hydrogen) atoms. The van der Waals surface area contributed by atoms with Crippen LogP contribution in [0.3, 0.4) is 0 Å². The van der Waals surface area contributed by atoms with Crippen molar-refractivity contribution in [3.63, 3.8) is 0 Å². The molecule has 10 heteroatoms. The van der Waals surface area contributed by atoms with Crippen LogP contribution in [0.5, 0.6) is 0 Å². The van der Waals surface area contributed by atoms with Gasteiger partial charge >= 0.3 is 0 Å². The van der Waals surface area contributed by atoms with Crippen molar-refractivity contribution < 1.29 is 17.6 Å². The standard InChI is InChI=1S/C27H20FN5O3S/c28-23-6-2-19(3-7-23)1-4-21-16-22(5-8-25(21)37(35,36)18-24-9-11-31-32-24)27(34)30-17-20-10-13-33-14-12-29-26(33)15-20/h2-3,5-16H,17-18H2,(H,30,34)(H,31,32). The Morgan fingerprint density at radius 1 is 1.00 bits per heavy atom. The van der Waals surface area contributed by atoms with Crippen molar-refractivity contribution in [2.75, 3.05) is 0 Å². The number of carbonyl (C=O) groups is 1. The number of sulfone groups is 1. The maximum atomic E-state index is 13.3. The van der Waals surface area contributed by atoms with Crippen molar-refractivity contribution in [3.05, 3.63) is 119 Å². The number of halogens is 1. The molecule has 5 aromatic rings. The molecule has 0 radical (unpaired) electrons. The lowest BCUT2D eigenvalue weighted by molar-refractivity contribution is 0.0950. The van der Waals surface area contributed by atoms with E-state index in [1.54, 1.807) is 12.3 Å². The summed E-state index contributed by atoms with van der Waals surface area (Å²) in [5.41, 5.74) is 2.97. The van der Waals surface area contributed by atoms with E-state index < -0.39 is 15.7 Å². The lowest BCUT2D eigenvalue weighted by Gasteiger charge is -2.10. The van der Waals surface area contributed by atoms with E-state index in [0.29, 0.717) is 11.3 Å². The lowest BCUT2D eigenvalue weighted by atomic mass is 10.1. The summed E-state index contributed by atoms with van der Waals surface area (Å²) in [6.07, 6.45) is 6.84. The van der Waals surface area contributed by atoms with Gasteiger partial charge in [0.15, 0.2) is 9.84 Å². The van der Waals surface area contributed by atoms with Gasteiger partial charge in [-0.05, 0) is 66.2 Å². The van der Waals surface area contributed by atoms with E-state index in [2.05, 4.69) is 32.3 Å². The number of nitrogens with one attached hydrogen (secondary N) is 2. The van der Waals surface area contributed by atoms with Crippen LogP contribution in [0.4, 0.5) is 4.39 Å². The highest BCUT2D eigenvalue weighted by atomic mass is 32.2. The molecule has 0 spiro atoms. The van der Waals surface area contributed by atoms with Gasteiger partial charge in [0.2, 0.25) is 0 Å². The maximum absolute atomic E-state index is 13.3. The number of nitrogens with zero attached hydrogens (tertiary/aromatic N) is 3. The van der Waals surface area contributed by atoms with Crippen LogP contribution in [0, 0.1) is 17.7 Å². The molecule has 0 unspecified atom stereocenters. The van der Waals surface area contributed by atoms with Gasteiger partial charge in [0.1, 0.15) is 11.5 Å². The van der Waals surface area contributed by atoms with Crippen molar-refractivity contribution in [1.82, 2.24) is 24.9 Å². The highest BCUT2D eigenvalue weighted by Gasteiger charge is 2.21. The SMILES string of the molecule is O=C(NCc1ccn2ccnc2c1)c1ccc(S(=O)(=O)Cc2ccn[nH]2)c(C#Cc2ccc(F)cc2)c1. The van der Waals surface area contributed by atoms with E-state index in [9.17, 15) is 17.6 Å². The molecule has 0 aliphatic heterocycles. The van der Waals surface area contributed by atoms with Gasteiger partial charge in [0, 0.05) is 48.0 Å². The van der Waals surface area contributed by atoms with E-state index in [4.69, 9.17) is 0 Å². The zero-order valence-electron chi connectivity index (χ0n) is 19.3. The smallest absolute Gasteiger partial charge is 0.251 e. The predicted octanol–water partition coefficient (Wildman–Crippen LogP) is 3.50. The molecule has 0 aliphatic rings.